The third-order valence-corrected chi connectivity index (χ3v) is 3.19. The average Bonchev–Trinajstić information content (AvgIpc) is 2.42. The van der Waals surface area contributed by atoms with E-state index in [-0.39, 0.29) is 5.56 Å². The Kier molecular flexibility index (Phi) is 2.75. The second kappa shape index (κ2) is 4.37. The molecule has 0 spiro atoms. The molecular weight excluding hydrogens is 286 g/mol. The minimum atomic E-state index is -3.92. The Morgan fingerprint density at radius 1 is 1.05 bits per heavy atom. The van der Waals surface area contributed by atoms with Crippen LogP contribution in [0.2, 0.25) is 0 Å². The summed E-state index contributed by atoms with van der Waals surface area (Å²) >= 11 is 0. The standard InChI is InChI=1S/C13H8F2N2O4/c14-13(15)8(6-4-2-1-3-5-6)7-9(18)16-12(20)17-10(7)21-11(13)19/h1-5,8H,(H2,16,17,18,20). The Bertz CT molecular complexity index is 826. The van der Waals surface area contributed by atoms with Gasteiger partial charge in [-0.15, -0.1) is 0 Å². The zero-order chi connectivity index (χ0) is 15.2. The lowest BCUT2D eigenvalue weighted by atomic mass is 9.85. The average molecular weight is 294 g/mol. The Morgan fingerprint density at radius 3 is 2.38 bits per heavy atom. The fourth-order valence-corrected chi connectivity index (χ4v) is 2.30. The molecule has 1 unspecified atom stereocenters. The molecule has 0 radical (unpaired) electrons. The van der Waals surface area contributed by atoms with E-state index >= 15 is 0 Å². The van der Waals surface area contributed by atoms with E-state index in [1.807, 2.05) is 9.97 Å². The number of benzene rings is 1. The number of H-pyrrole nitrogens is 2. The molecule has 2 aromatic rings. The first-order valence-corrected chi connectivity index (χ1v) is 5.93. The van der Waals surface area contributed by atoms with Crippen LogP contribution >= 0.6 is 0 Å². The number of halogens is 2. The minimum Gasteiger partial charge on any atom is -0.404 e. The first kappa shape index (κ1) is 13.2. The summed E-state index contributed by atoms with van der Waals surface area (Å²) < 4.78 is 32.8. The number of esters is 1. The van der Waals surface area contributed by atoms with Gasteiger partial charge in [-0.25, -0.2) is 9.59 Å². The molecule has 0 saturated heterocycles. The molecule has 0 bridgehead atoms. The van der Waals surface area contributed by atoms with Crippen molar-refractivity contribution < 1.29 is 18.3 Å². The monoisotopic (exact) mass is 294 g/mol. The topological polar surface area (TPSA) is 92.0 Å². The second-order valence-electron chi connectivity index (χ2n) is 4.51. The molecular formula is C13H8F2N2O4. The number of hydrogen-bond donors (Lipinski definition) is 2. The number of ether oxygens (including phenoxy) is 1. The molecule has 0 fully saturated rings. The van der Waals surface area contributed by atoms with Gasteiger partial charge in [-0.3, -0.25) is 14.8 Å². The molecule has 2 heterocycles. The van der Waals surface area contributed by atoms with Gasteiger partial charge in [-0.1, -0.05) is 30.3 Å². The highest BCUT2D eigenvalue weighted by atomic mass is 19.3. The Morgan fingerprint density at radius 2 is 1.71 bits per heavy atom. The van der Waals surface area contributed by atoms with Crippen molar-refractivity contribution in [2.75, 3.05) is 0 Å². The Balaban J connectivity index is 2.34. The van der Waals surface area contributed by atoms with Gasteiger partial charge in [0.25, 0.3) is 5.56 Å². The van der Waals surface area contributed by atoms with Crippen LogP contribution in [0, 0.1) is 0 Å². The van der Waals surface area contributed by atoms with Gasteiger partial charge in [0.05, 0.1) is 11.5 Å². The molecule has 0 aliphatic carbocycles. The quantitative estimate of drug-likeness (QED) is 0.759. The van der Waals surface area contributed by atoms with Gasteiger partial charge in [0, 0.05) is 0 Å². The van der Waals surface area contributed by atoms with E-state index < -0.39 is 40.5 Å². The van der Waals surface area contributed by atoms with Crippen molar-refractivity contribution in [2.45, 2.75) is 11.8 Å². The lowest BCUT2D eigenvalue weighted by Crippen LogP contribution is -2.47. The highest BCUT2D eigenvalue weighted by molar-refractivity contribution is 5.84. The Labute approximate surface area is 115 Å². The van der Waals surface area contributed by atoms with Crippen LogP contribution in [0.4, 0.5) is 8.78 Å². The van der Waals surface area contributed by atoms with Gasteiger partial charge in [-0.2, -0.15) is 8.78 Å². The van der Waals surface area contributed by atoms with Crippen LogP contribution in [0.25, 0.3) is 0 Å². The van der Waals surface area contributed by atoms with Crippen LogP contribution in [0.15, 0.2) is 39.9 Å². The molecule has 108 valence electrons. The number of carbonyl (C=O) groups excluding carboxylic acids is 1. The van der Waals surface area contributed by atoms with Gasteiger partial charge in [0.1, 0.15) is 0 Å². The molecule has 1 aliphatic heterocycles. The number of hydrogen-bond acceptors (Lipinski definition) is 4. The number of nitrogens with one attached hydrogen (secondary N) is 2. The van der Waals surface area contributed by atoms with Crippen LogP contribution in [-0.4, -0.2) is 21.9 Å². The van der Waals surface area contributed by atoms with Crippen molar-refractivity contribution in [3.05, 3.63) is 62.3 Å². The molecule has 1 aliphatic rings. The molecule has 1 aromatic heterocycles. The maximum absolute atomic E-state index is 14.2. The number of aromatic nitrogens is 2. The summed E-state index contributed by atoms with van der Waals surface area (Å²) in [5.74, 6) is -8.10. The van der Waals surface area contributed by atoms with E-state index in [9.17, 15) is 23.2 Å². The van der Waals surface area contributed by atoms with Crippen LogP contribution in [0.5, 0.6) is 5.88 Å². The highest BCUT2D eigenvalue weighted by Gasteiger charge is 2.56. The van der Waals surface area contributed by atoms with Gasteiger partial charge < -0.3 is 4.74 Å². The zero-order valence-electron chi connectivity index (χ0n) is 10.4. The minimum absolute atomic E-state index is 0.0675. The van der Waals surface area contributed by atoms with Crippen molar-refractivity contribution in [2.24, 2.45) is 0 Å². The van der Waals surface area contributed by atoms with Gasteiger partial charge in [0.15, 0.2) is 0 Å². The second-order valence-corrected chi connectivity index (χ2v) is 4.51. The predicted octanol–water partition coefficient (Wildman–Crippen LogP) is 0.749. The maximum Gasteiger partial charge on any atom is 0.384 e. The first-order valence-electron chi connectivity index (χ1n) is 5.93. The van der Waals surface area contributed by atoms with Crippen LogP contribution in [0.1, 0.15) is 17.0 Å². The molecule has 0 saturated carbocycles. The normalized spacial score (nSPS) is 19.7. The van der Waals surface area contributed by atoms with Crippen molar-refractivity contribution >= 4 is 5.97 Å². The van der Waals surface area contributed by atoms with E-state index in [1.54, 1.807) is 6.07 Å². The SMILES string of the molecule is O=C1Oc2[nH]c(=O)[nH]c(=O)c2C(c2ccccc2)C1(F)F. The first-order chi connectivity index (χ1) is 9.91. The molecule has 21 heavy (non-hydrogen) atoms. The largest absolute Gasteiger partial charge is 0.404 e. The number of aromatic amines is 2. The summed E-state index contributed by atoms with van der Waals surface area (Å²) in [4.78, 5) is 38.4. The number of fused-ring (bicyclic) bond motifs is 1. The Hall–Kier alpha value is -2.77. The van der Waals surface area contributed by atoms with Crippen molar-refractivity contribution in [3.63, 3.8) is 0 Å². The highest BCUT2D eigenvalue weighted by Crippen LogP contribution is 2.44. The number of alkyl halides is 2. The summed E-state index contributed by atoms with van der Waals surface area (Å²) in [6, 6.07) is 7.35. The van der Waals surface area contributed by atoms with Crippen LogP contribution in [0.3, 0.4) is 0 Å². The molecule has 3 rings (SSSR count). The fraction of sp³-hybridized carbons (Fsp3) is 0.154. The van der Waals surface area contributed by atoms with E-state index in [4.69, 9.17) is 0 Å². The fourth-order valence-electron chi connectivity index (χ4n) is 2.30. The third-order valence-electron chi connectivity index (χ3n) is 3.19. The smallest absolute Gasteiger partial charge is 0.384 e. The molecule has 1 atom stereocenters. The van der Waals surface area contributed by atoms with Gasteiger partial charge >= 0.3 is 17.6 Å². The summed E-state index contributed by atoms with van der Waals surface area (Å²) in [6.07, 6.45) is 0. The van der Waals surface area contributed by atoms with E-state index in [0.717, 1.165) is 0 Å². The molecule has 2 N–H and O–H groups in total. The lowest BCUT2D eigenvalue weighted by Gasteiger charge is -2.30. The molecule has 6 nitrogen and oxygen atoms in total. The summed E-state index contributed by atoms with van der Waals surface area (Å²) in [6.45, 7) is 0. The van der Waals surface area contributed by atoms with Crippen molar-refractivity contribution in [1.29, 1.82) is 0 Å². The molecule has 1 aromatic carbocycles. The van der Waals surface area contributed by atoms with Crippen LogP contribution < -0.4 is 16.0 Å². The third kappa shape index (κ3) is 1.95. The predicted molar refractivity (Wildman–Crippen MR) is 66.6 cm³/mol. The maximum atomic E-state index is 14.2. The zero-order valence-corrected chi connectivity index (χ0v) is 10.4. The van der Waals surface area contributed by atoms with E-state index in [1.165, 1.54) is 24.3 Å². The summed E-state index contributed by atoms with van der Waals surface area (Å²) in [7, 11) is 0. The number of rotatable bonds is 1. The molecule has 0 amide bonds. The van der Waals surface area contributed by atoms with Gasteiger partial charge in [0.2, 0.25) is 5.88 Å². The van der Waals surface area contributed by atoms with Crippen molar-refractivity contribution in [3.8, 4) is 5.88 Å². The summed E-state index contributed by atoms with van der Waals surface area (Å²) in [5.41, 5.74) is -2.37. The van der Waals surface area contributed by atoms with Gasteiger partial charge in [-0.05, 0) is 5.56 Å². The molecule has 8 heteroatoms. The van der Waals surface area contributed by atoms with E-state index in [0.29, 0.717) is 0 Å². The lowest BCUT2D eigenvalue weighted by molar-refractivity contribution is -0.167. The van der Waals surface area contributed by atoms with Crippen LogP contribution in [-0.2, 0) is 4.79 Å². The summed E-state index contributed by atoms with van der Waals surface area (Å²) in [5, 5.41) is 0. The van der Waals surface area contributed by atoms with Crippen molar-refractivity contribution in [1.82, 2.24) is 9.97 Å². The van der Waals surface area contributed by atoms with E-state index in [2.05, 4.69) is 4.74 Å². The number of carbonyl (C=O) groups is 1.